The lowest BCUT2D eigenvalue weighted by molar-refractivity contribution is 0.0950. The number of carbonyl (C=O) groups excluding carboxylic acids is 1. The number of ether oxygens (including phenoxy) is 1. The second-order valence-corrected chi connectivity index (χ2v) is 6.03. The van der Waals surface area contributed by atoms with Crippen LogP contribution in [-0.4, -0.2) is 18.0 Å². The molecule has 26 heavy (non-hydrogen) atoms. The summed E-state index contributed by atoms with van der Waals surface area (Å²) in [5, 5.41) is 6.70. The zero-order valence-corrected chi connectivity index (χ0v) is 15.0. The molecule has 0 aliphatic rings. The topological polar surface area (TPSA) is 63.2 Å². The number of nitrogens with zero attached hydrogens (tertiary/aromatic N) is 1. The molecule has 2 N–H and O–H groups in total. The number of anilines is 2. The molecule has 3 rings (SSSR count). The molecule has 1 amide bonds. The summed E-state index contributed by atoms with van der Waals surface area (Å²) in [6.45, 7) is 0.432. The maximum atomic E-state index is 12.2. The van der Waals surface area contributed by atoms with E-state index < -0.39 is 0 Å². The Morgan fingerprint density at radius 1 is 1.04 bits per heavy atom. The molecule has 3 aromatic rings. The van der Waals surface area contributed by atoms with Crippen LogP contribution in [0, 0.1) is 0 Å². The van der Waals surface area contributed by atoms with Crippen LogP contribution in [0.1, 0.15) is 15.9 Å². The van der Waals surface area contributed by atoms with Crippen molar-refractivity contribution in [3.63, 3.8) is 0 Å². The molecule has 0 unspecified atom stereocenters. The maximum absolute atomic E-state index is 12.2. The Kier molecular flexibility index (Phi) is 5.71. The summed E-state index contributed by atoms with van der Waals surface area (Å²) in [6.07, 6.45) is 1.54. The fraction of sp³-hybridized carbons (Fsp3) is 0.100. The Morgan fingerprint density at radius 2 is 1.77 bits per heavy atom. The minimum Gasteiger partial charge on any atom is -0.497 e. The molecule has 0 aliphatic carbocycles. The van der Waals surface area contributed by atoms with Gasteiger partial charge in [0, 0.05) is 23.5 Å². The second-order valence-electron chi connectivity index (χ2n) is 5.59. The average Bonchev–Trinajstić information content (AvgIpc) is 2.68. The number of amides is 1. The normalized spacial score (nSPS) is 10.2. The van der Waals surface area contributed by atoms with Gasteiger partial charge in [-0.05, 0) is 54.1 Å². The van der Waals surface area contributed by atoms with Crippen LogP contribution in [0.15, 0.2) is 66.9 Å². The lowest BCUT2D eigenvalue weighted by atomic mass is 10.2. The number of benzene rings is 2. The maximum Gasteiger partial charge on any atom is 0.253 e. The number of methoxy groups -OCH3 is 1. The van der Waals surface area contributed by atoms with Gasteiger partial charge in [0.15, 0.2) is 0 Å². The molecule has 6 heteroatoms. The van der Waals surface area contributed by atoms with Crippen molar-refractivity contribution in [2.45, 2.75) is 6.54 Å². The van der Waals surface area contributed by atoms with Gasteiger partial charge in [0.05, 0.1) is 12.7 Å². The lowest BCUT2D eigenvalue weighted by Crippen LogP contribution is -2.22. The molecule has 0 bridgehead atoms. The molecule has 132 valence electrons. The van der Waals surface area contributed by atoms with Crippen molar-refractivity contribution in [1.82, 2.24) is 10.3 Å². The van der Waals surface area contributed by atoms with E-state index in [1.807, 2.05) is 36.4 Å². The smallest absolute Gasteiger partial charge is 0.253 e. The predicted octanol–water partition coefficient (Wildman–Crippen LogP) is 4.42. The van der Waals surface area contributed by atoms with E-state index in [9.17, 15) is 4.79 Å². The van der Waals surface area contributed by atoms with Crippen molar-refractivity contribution in [3.05, 3.63) is 83.0 Å². The van der Waals surface area contributed by atoms with Gasteiger partial charge in [0.25, 0.3) is 5.91 Å². The largest absolute Gasteiger partial charge is 0.497 e. The van der Waals surface area contributed by atoms with Crippen LogP contribution in [0.25, 0.3) is 0 Å². The monoisotopic (exact) mass is 367 g/mol. The third-order valence-corrected chi connectivity index (χ3v) is 4.01. The zero-order chi connectivity index (χ0) is 18.4. The molecular weight excluding hydrogens is 350 g/mol. The SMILES string of the molecule is COc1ccc(Nc2ccc(C(=O)NCc3ccc(Cl)cc3)cn2)cc1. The summed E-state index contributed by atoms with van der Waals surface area (Å²) in [7, 11) is 1.63. The standard InChI is InChI=1S/C20H18ClN3O2/c1-26-18-9-7-17(8-10-18)24-19-11-4-15(13-22-19)20(25)23-12-14-2-5-16(21)6-3-14/h2-11,13H,12H2,1H3,(H,22,24)(H,23,25). The number of rotatable bonds is 6. The molecule has 1 aromatic heterocycles. The summed E-state index contributed by atoms with van der Waals surface area (Å²) in [5.74, 6) is 1.27. The number of hydrogen-bond acceptors (Lipinski definition) is 4. The van der Waals surface area contributed by atoms with Crippen molar-refractivity contribution in [2.24, 2.45) is 0 Å². The van der Waals surface area contributed by atoms with Crippen molar-refractivity contribution in [1.29, 1.82) is 0 Å². The van der Waals surface area contributed by atoms with Gasteiger partial charge in [-0.2, -0.15) is 0 Å². The van der Waals surface area contributed by atoms with Crippen LogP contribution in [0.2, 0.25) is 5.02 Å². The number of aromatic nitrogens is 1. The highest BCUT2D eigenvalue weighted by Gasteiger charge is 2.06. The van der Waals surface area contributed by atoms with Gasteiger partial charge in [0.1, 0.15) is 11.6 Å². The van der Waals surface area contributed by atoms with Gasteiger partial charge in [-0.25, -0.2) is 4.98 Å². The highest BCUT2D eigenvalue weighted by Crippen LogP contribution is 2.18. The number of carbonyl (C=O) groups is 1. The van der Waals surface area contributed by atoms with E-state index in [0.29, 0.717) is 22.9 Å². The van der Waals surface area contributed by atoms with E-state index in [0.717, 1.165) is 17.0 Å². The van der Waals surface area contributed by atoms with E-state index in [1.165, 1.54) is 0 Å². The minimum absolute atomic E-state index is 0.177. The lowest BCUT2D eigenvalue weighted by Gasteiger charge is -2.08. The first-order chi connectivity index (χ1) is 12.6. The van der Waals surface area contributed by atoms with E-state index in [2.05, 4.69) is 15.6 Å². The highest BCUT2D eigenvalue weighted by molar-refractivity contribution is 6.30. The minimum atomic E-state index is -0.177. The molecule has 0 spiro atoms. The summed E-state index contributed by atoms with van der Waals surface area (Å²) < 4.78 is 5.13. The van der Waals surface area contributed by atoms with E-state index in [-0.39, 0.29) is 5.91 Å². The first-order valence-electron chi connectivity index (χ1n) is 8.04. The van der Waals surface area contributed by atoms with Crippen LogP contribution in [0.3, 0.4) is 0 Å². The molecule has 2 aromatic carbocycles. The van der Waals surface area contributed by atoms with Gasteiger partial charge < -0.3 is 15.4 Å². The highest BCUT2D eigenvalue weighted by atomic mass is 35.5. The van der Waals surface area contributed by atoms with Crippen LogP contribution in [-0.2, 0) is 6.54 Å². The van der Waals surface area contributed by atoms with Crippen molar-refractivity contribution in [3.8, 4) is 5.75 Å². The number of nitrogens with one attached hydrogen (secondary N) is 2. The quantitative estimate of drug-likeness (QED) is 0.677. The van der Waals surface area contributed by atoms with Crippen molar-refractivity contribution in [2.75, 3.05) is 12.4 Å². The van der Waals surface area contributed by atoms with Crippen LogP contribution >= 0.6 is 11.6 Å². The number of pyridine rings is 1. The van der Waals surface area contributed by atoms with Gasteiger partial charge in [-0.1, -0.05) is 23.7 Å². The fourth-order valence-corrected chi connectivity index (χ4v) is 2.44. The van der Waals surface area contributed by atoms with E-state index in [4.69, 9.17) is 16.3 Å². The molecule has 0 saturated heterocycles. The molecular formula is C20H18ClN3O2. The Morgan fingerprint density at radius 3 is 2.38 bits per heavy atom. The molecule has 0 fully saturated rings. The molecule has 0 atom stereocenters. The molecule has 0 saturated carbocycles. The summed E-state index contributed by atoms with van der Waals surface area (Å²) in [5.41, 5.74) is 2.37. The first kappa shape index (κ1) is 17.8. The van der Waals surface area contributed by atoms with E-state index >= 15 is 0 Å². The second kappa shape index (κ2) is 8.36. The van der Waals surface area contributed by atoms with Gasteiger partial charge >= 0.3 is 0 Å². The fourth-order valence-electron chi connectivity index (χ4n) is 2.31. The Bertz CT molecular complexity index is 863. The molecule has 1 heterocycles. The predicted molar refractivity (Wildman–Crippen MR) is 103 cm³/mol. The van der Waals surface area contributed by atoms with Crippen molar-refractivity contribution >= 4 is 29.0 Å². The Balaban J connectivity index is 1.57. The van der Waals surface area contributed by atoms with Gasteiger partial charge in [-0.3, -0.25) is 4.79 Å². The summed E-state index contributed by atoms with van der Waals surface area (Å²) in [6, 6.07) is 18.4. The third kappa shape index (κ3) is 4.74. The Hall–Kier alpha value is -3.05. The average molecular weight is 368 g/mol. The summed E-state index contributed by atoms with van der Waals surface area (Å²) in [4.78, 5) is 16.5. The first-order valence-corrected chi connectivity index (χ1v) is 8.41. The Labute approximate surface area is 157 Å². The zero-order valence-electron chi connectivity index (χ0n) is 14.2. The van der Waals surface area contributed by atoms with Gasteiger partial charge in [-0.15, -0.1) is 0 Å². The molecule has 0 aliphatic heterocycles. The molecule has 0 radical (unpaired) electrons. The van der Waals surface area contributed by atoms with Crippen molar-refractivity contribution < 1.29 is 9.53 Å². The molecule has 5 nitrogen and oxygen atoms in total. The van der Waals surface area contributed by atoms with Gasteiger partial charge in [0.2, 0.25) is 0 Å². The third-order valence-electron chi connectivity index (χ3n) is 3.75. The van der Waals surface area contributed by atoms with Crippen LogP contribution in [0.5, 0.6) is 5.75 Å². The van der Waals surface area contributed by atoms with Crippen LogP contribution < -0.4 is 15.4 Å². The van der Waals surface area contributed by atoms with E-state index in [1.54, 1.807) is 37.6 Å². The number of halogens is 1. The number of hydrogen-bond donors (Lipinski definition) is 2. The van der Waals surface area contributed by atoms with Crippen LogP contribution in [0.4, 0.5) is 11.5 Å². The summed E-state index contributed by atoms with van der Waals surface area (Å²) >= 11 is 5.85.